The molecule has 0 spiro atoms. The lowest BCUT2D eigenvalue weighted by Crippen LogP contribution is -2.13. The third kappa shape index (κ3) is 5.02. The highest BCUT2D eigenvalue weighted by Crippen LogP contribution is 2.18. The molecule has 0 fully saturated rings. The van der Waals surface area contributed by atoms with Crippen LogP contribution in [0.5, 0.6) is 5.75 Å². The first-order valence-corrected chi connectivity index (χ1v) is 7.42. The molecule has 3 nitrogen and oxygen atoms in total. The van der Waals surface area contributed by atoms with E-state index in [1.54, 1.807) is 13.2 Å². The molecule has 116 valence electrons. The first-order valence-electron chi connectivity index (χ1n) is 7.42. The van der Waals surface area contributed by atoms with Crippen molar-refractivity contribution in [1.29, 1.82) is 0 Å². The second kappa shape index (κ2) is 9.03. The minimum Gasteiger partial charge on any atom is -0.489 e. The highest BCUT2D eigenvalue weighted by molar-refractivity contribution is 5.33. The SMILES string of the molecule is C=CCOc1ccccc1CNCc1cccc(COC)c1. The molecular weight excluding hydrogens is 274 g/mol. The number of para-hydroxylation sites is 1. The van der Waals surface area contributed by atoms with Crippen LogP contribution in [0.15, 0.2) is 61.2 Å². The van der Waals surface area contributed by atoms with Crippen molar-refractivity contribution < 1.29 is 9.47 Å². The standard InChI is InChI=1S/C19H23NO2/c1-3-11-22-19-10-5-4-9-18(19)14-20-13-16-7-6-8-17(12-16)15-21-2/h3-10,12,20H,1,11,13-15H2,2H3. The molecule has 0 aromatic heterocycles. The average molecular weight is 297 g/mol. The zero-order chi connectivity index (χ0) is 15.6. The Hall–Kier alpha value is -2.10. The smallest absolute Gasteiger partial charge is 0.124 e. The highest BCUT2D eigenvalue weighted by atomic mass is 16.5. The van der Waals surface area contributed by atoms with Crippen LogP contribution in [0.1, 0.15) is 16.7 Å². The molecule has 0 radical (unpaired) electrons. The van der Waals surface area contributed by atoms with E-state index in [0.29, 0.717) is 13.2 Å². The van der Waals surface area contributed by atoms with Crippen molar-refractivity contribution in [3.8, 4) is 5.75 Å². The molecule has 0 saturated carbocycles. The third-order valence-corrected chi connectivity index (χ3v) is 3.28. The van der Waals surface area contributed by atoms with Crippen molar-refractivity contribution in [2.24, 2.45) is 0 Å². The maximum Gasteiger partial charge on any atom is 0.124 e. The van der Waals surface area contributed by atoms with Gasteiger partial charge in [-0.05, 0) is 17.2 Å². The van der Waals surface area contributed by atoms with E-state index in [9.17, 15) is 0 Å². The fourth-order valence-electron chi connectivity index (χ4n) is 2.28. The first kappa shape index (κ1) is 16.3. The Morgan fingerprint density at radius 3 is 2.68 bits per heavy atom. The second-order valence-electron chi connectivity index (χ2n) is 5.06. The van der Waals surface area contributed by atoms with E-state index < -0.39 is 0 Å². The van der Waals surface area contributed by atoms with Crippen LogP contribution in [-0.4, -0.2) is 13.7 Å². The van der Waals surface area contributed by atoms with E-state index in [2.05, 4.69) is 42.2 Å². The van der Waals surface area contributed by atoms with Crippen LogP contribution in [0.3, 0.4) is 0 Å². The molecule has 0 unspecified atom stereocenters. The van der Waals surface area contributed by atoms with Crippen LogP contribution in [0.25, 0.3) is 0 Å². The van der Waals surface area contributed by atoms with Gasteiger partial charge in [-0.25, -0.2) is 0 Å². The van der Waals surface area contributed by atoms with Crippen LogP contribution >= 0.6 is 0 Å². The Kier molecular flexibility index (Phi) is 6.68. The molecular formula is C19H23NO2. The number of ether oxygens (including phenoxy) is 2. The summed E-state index contributed by atoms with van der Waals surface area (Å²) in [5, 5.41) is 3.46. The van der Waals surface area contributed by atoms with E-state index in [1.807, 2.05) is 18.2 Å². The average Bonchev–Trinajstić information content (AvgIpc) is 2.55. The van der Waals surface area contributed by atoms with Crippen LogP contribution in [0.4, 0.5) is 0 Å². The second-order valence-corrected chi connectivity index (χ2v) is 5.06. The Morgan fingerprint density at radius 1 is 1.05 bits per heavy atom. The summed E-state index contributed by atoms with van der Waals surface area (Å²) in [4.78, 5) is 0. The van der Waals surface area contributed by atoms with Crippen molar-refractivity contribution >= 4 is 0 Å². The Balaban J connectivity index is 1.90. The number of benzene rings is 2. The summed E-state index contributed by atoms with van der Waals surface area (Å²) in [6, 6.07) is 16.5. The molecule has 0 heterocycles. The fraction of sp³-hybridized carbons (Fsp3) is 0.263. The lowest BCUT2D eigenvalue weighted by Gasteiger charge is -2.11. The summed E-state index contributed by atoms with van der Waals surface area (Å²) in [5.41, 5.74) is 3.59. The number of rotatable bonds is 9. The van der Waals surface area contributed by atoms with E-state index in [0.717, 1.165) is 24.4 Å². The zero-order valence-electron chi connectivity index (χ0n) is 13.0. The molecule has 22 heavy (non-hydrogen) atoms. The van der Waals surface area contributed by atoms with Crippen LogP contribution in [-0.2, 0) is 24.4 Å². The fourth-order valence-corrected chi connectivity index (χ4v) is 2.28. The summed E-state index contributed by atoms with van der Waals surface area (Å²) in [6.07, 6.45) is 1.76. The molecule has 0 amide bonds. The Labute approximate surface area is 132 Å². The van der Waals surface area contributed by atoms with Crippen LogP contribution < -0.4 is 10.1 Å². The normalized spacial score (nSPS) is 10.4. The van der Waals surface area contributed by atoms with E-state index in [-0.39, 0.29) is 0 Å². The van der Waals surface area contributed by atoms with Gasteiger partial charge in [0.05, 0.1) is 6.61 Å². The topological polar surface area (TPSA) is 30.5 Å². The van der Waals surface area contributed by atoms with Gasteiger partial charge in [0.15, 0.2) is 0 Å². The van der Waals surface area contributed by atoms with Gasteiger partial charge in [0.1, 0.15) is 12.4 Å². The van der Waals surface area contributed by atoms with Gasteiger partial charge in [-0.3, -0.25) is 0 Å². The van der Waals surface area contributed by atoms with Gasteiger partial charge < -0.3 is 14.8 Å². The predicted molar refractivity (Wildman–Crippen MR) is 89.8 cm³/mol. The molecule has 0 atom stereocenters. The van der Waals surface area contributed by atoms with Gasteiger partial charge in [0, 0.05) is 25.8 Å². The van der Waals surface area contributed by atoms with Crippen molar-refractivity contribution in [2.45, 2.75) is 19.7 Å². The largest absolute Gasteiger partial charge is 0.489 e. The molecule has 1 N–H and O–H groups in total. The summed E-state index contributed by atoms with van der Waals surface area (Å²) in [7, 11) is 1.71. The van der Waals surface area contributed by atoms with Crippen LogP contribution in [0.2, 0.25) is 0 Å². The zero-order valence-corrected chi connectivity index (χ0v) is 13.0. The molecule has 2 aromatic carbocycles. The monoisotopic (exact) mass is 297 g/mol. The quantitative estimate of drug-likeness (QED) is 0.716. The molecule has 2 aromatic rings. The lowest BCUT2D eigenvalue weighted by molar-refractivity contribution is 0.185. The van der Waals surface area contributed by atoms with Gasteiger partial charge in [-0.2, -0.15) is 0 Å². The maximum absolute atomic E-state index is 5.67. The minimum atomic E-state index is 0.524. The molecule has 0 saturated heterocycles. The number of hydrogen-bond donors (Lipinski definition) is 1. The number of methoxy groups -OCH3 is 1. The Bertz CT molecular complexity index is 595. The van der Waals surface area contributed by atoms with Crippen molar-refractivity contribution in [2.75, 3.05) is 13.7 Å². The molecule has 0 aliphatic rings. The van der Waals surface area contributed by atoms with Gasteiger partial charge in [0.25, 0.3) is 0 Å². The highest BCUT2D eigenvalue weighted by Gasteiger charge is 2.02. The van der Waals surface area contributed by atoms with Crippen molar-refractivity contribution in [3.63, 3.8) is 0 Å². The molecule has 0 aliphatic heterocycles. The maximum atomic E-state index is 5.67. The summed E-state index contributed by atoms with van der Waals surface area (Å²) in [6.45, 7) is 6.43. The lowest BCUT2D eigenvalue weighted by atomic mass is 10.1. The summed E-state index contributed by atoms with van der Waals surface area (Å²) in [5.74, 6) is 0.906. The number of nitrogens with one attached hydrogen (secondary N) is 1. The minimum absolute atomic E-state index is 0.524. The van der Waals surface area contributed by atoms with Gasteiger partial charge in [-0.15, -0.1) is 0 Å². The summed E-state index contributed by atoms with van der Waals surface area (Å²) < 4.78 is 10.8. The summed E-state index contributed by atoms with van der Waals surface area (Å²) >= 11 is 0. The molecule has 3 heteroatoms. The number of hydrogen-bond acceptors (Lipinski definition) is 3. The van der Waals surface area contributed by atoms with Gasteiger partial charge in [0.2, 0.25) is 0 Å². The first-order chi connectivity index (χ1) is 10.8. The third-order valence-electron chi connectivity index (χ3n) is 3.28. The Morgan fingerprint density at radius 2 is 1.86 bits per heavy atom. The van der Waals surface area contributed by atoms with E-state index in [1.165, 1.54) is 11.1 Å². The van der Waals surface area contributed by atoms with Gasteiger partial charge in [-0.1, -0.05) is 55.1 Å². The molecule has 0 aliphatic carbocycles. The van der Waals surface area contributed by atoms with Crippen LogP contribution in [0, 0.1) is 0 Å². The predicted octanol–water partition coefficient (Wildman–Crippen LogP) is 3.69. The van der Waals surface area contributed by atoms with Crippen molar-refractivity contribution in [3.05, 3.63) is 77.9 Å². The van der Waals surface area contributed by atoms with Crippen molar-refractivity contribution in [1.82, 2.24) is 5.32 Å². The molecule has 2 rings (SSSR count). The molecule has 0 bridgehead atoms. The van der Waals surface area contributed by atoms with E-state index in [4.69, 9.17) is 9.47 Å². The van der Waals surface area contributed by atoms with Gasteiger partial charge >= 0.3 is 0 Å². The van der Waals surface area contributed by atoms with E-state index >= 15 is 0 Å².